The van der Waals surface area contributed by atoms with E-state index in [9.17, 15) is 0 Å². The van der Waals surface area contributed by atoms with E-state index < -0.39 is 0 Å². The maximum absolute atomic E-state index is 2.63. The third kappa shape index (κ3) is 1.27. The summed E-state index contributed by atoms with van der Waals surface area (Å²) in [5.41, 5.74) is 7.12. The number of nitrogens with zero attached hydrogens (tertiary/aromatic N) is 2. The summed E-state index contributed by atoms with van der Waals surface area (Å²) in [6.45, 7) is 5.88. The van der Waals surface area contributed by atoms with Crippen molar-refractivity contribution in [3.8, 4) is 5.69 Å². The maximum Gasteiger partial charge on any atom is 0.0783 e. The Bertz CT molecular complexity index is 905. The maximum atomic E-state index is 2.63. The van der Waals surface area contributed by atoms with Crippen LogP contribution in [-0.2, 0) is 5.54 Å². The predicted molar refractivity (Wildman–Crippen MR) is 91.9 cm³/mol. The highest BCUT2D eigenvalue weighted by Gasteiger charge is 2.46. The van der Waals surface area contributed by atoms with Crippen molar-refractivity contribution < 1.29 is 0 Å². The molecule has 1 saturated heterocycles. The van der Waals surface area contributed by atoms with Gasteiger partial charge < -0.3 is 9.47 Å². The number of benzene rings is 2. The van der Waals surface area contributed by atoms with Crippen LogP contribution in [0.3, 0.4) is 0 Å². The summed E-state index contributed by atoms with van der Waals surface area (Å²) in [4.78, 5) is 2.63. The van der Waals surface area contributed by atoms with Gasteiger partial charge in [-0.2, -0.15) is 0 Å². The van der Waals surface area contributed by atoms with Crippen LogP contribution in [0.25, 0.3) is 16.6 Å². The van der Waals surface area contributed by atoms with Crippen molar-refractivity contribution in [2.75, 3.05) is 11.4 Å². The average Bonchev–Trinajstić information content (AvgIpc) is 3.08. The minimum Gasteiger partial charge on any atom is -0.359 e. The zero-order valence-corrected chi connectivity index (χ0v) is 13.1. The number of fused-ring (bicyclic) bond motifs is 8. The largest absolute Gasteiger partial charge is 0.359 e. The summed E-state index contributed by atoms with van der Waals surface area (Å²) >= 11 is 0. The molecule has 0 N–H and O–H groups in total. The van der Waals surface area contributed by atoms with Gasteiger partial charge in [0.2, 0.25) is 0 Å². The van der Waals surface area contributed by atoms with Crippen LogP contribution in [0.15, 0.2) is 48.5 Å². The first-order valence-corrected chi connectivity index (χ1v) is 8.19. The number of hydrogen-bond acceptors (Lipinski definition) is 1. The lowest BCUT2D eigenvalue weighted by molar-refractivity contribution is 0.457. The molecule has 2 heteroatoms. The zero-order chi connectivity index (χ0) is 14.9. The van der Waals surface area contributed by atoms with Gasteiger partial charge >= 0.3 is 0 Å². The fourth-order valence-corrected chi connectivity index (χ4v) is 4.77. The molecule has 0 saturated carbocycles. The molecule has 2 aliphatic rings. The highest BCUT2D eigenvalue weighted by molar-refractivity contribution is 5.90. The molecular weight excluding hydrogens is 268 g/mol. The van der Waals surface area contributed by atoms with E-state index >= 15 is 0 Å². The molecule has 0 bridgehead atoms. The lowest BCUT2D eigenvalue weighted by Gasteiger charge is -2.43. The molecule has 5 rings (SSSR count). The van der Waals surface area contributed by atoms with Gasteiger partial charge in [0.05, 0.1) is 28.1 Å². The summed E-state index contributed by atoms with van der Waals surface area (Å²) in [5.74, 6) is 0. The molecule has 2 aromatic carbocycles. The number of para-hydroxylation sites is 3. The molecule has 0 spiro atoms. The van der Waals surface area contributed by atoms with E-state index in [4.69, 9.17) is 0 Å². The molecule has 1 atom stereocenters. The topological polar surface area (TPSA) is 8.17 Å². The Hall–Kier alpha value is -2.22. The zero-order valence-electron chi connectivity index (χ0n) is 13.1. The van der Waals surface area contributed by atoms with Crippen molar-refractivity contribution in [3.63, 3.8) is 0 Å². The quantitative estimate of drug-likeness (QED) is 0.578. The van der Waals surface area contributed by atoms with Crippen LogP contribution < -0.4 is 4.90 Å². The number of aryl methyl sites for hydroxylation is 1. The number of rotatable bonds is 0. The van der Waals surface area contributed by atoms with Crippen LogP contribution >= 0.6 is 0 Å². The second-order valence-electron chi connectivity index (χ2n) is 6.84. The van der Waals surface area contributed by atoms with Crippen LogP contribution in [0.2, 0.25) is 0 Å². The molecule has 1 fully saturated rings. The fourth-order valence-electron chi connectivity index (χ4n) is 4.77. The number of anilines is 1. The summed E-state index contributed by atoms with van der Waals surface area (Å²) in [5, 5.41) is 1.39. The van der Waals surface area contributed by atoms with E-state index in [-0.39, 0.29) is 5.54 Å². The average molecular weight is 288 g/mol. The molecule has 22 heavy (non-hydrogen) atoms. The Balaban J connectivity index is 2.00. The van der Waals surface area contributed by atoms with Crippen molar-refractivity contribution in [3.05, 3.63) is 59.8 Å². The molecule has 3 aromatic rings. The summed E-state index contributed by atoms with van der Waals surface area (Å²) in [6.07, 6.45) is 2.50. The molecule has 0 amide bonds. The molecule has 2 nitrogen and oxygen atoms in total. The van der Waals surface area contributed by atoms with E-state index in [1.807, 2.05) is 0 Å². The highest BCUT2D eigenvalue weighted by Crippen LogP contribution is 2.51. The number of aromatic nitrogens is 1. The second-order valence-corrected chi connectivity index (χ2v) is 6.84. The van der Waals surface area contributed by atoms with Crippen molar-refractivity contribution in [1.29, 1.82) is 0 Å². The van der Waals surface area contributed by atoms with Gasteiger partial charge in [-0.3, -0.25) is 0 Å². The third-order valence-corrected chi connectivity index (χ3v) is 5.69. The Labute approximate surface area is 131 Å². The first kappa shape index (κ1) is 12.3. The fraction of sp³-hybridized carbons (Fsp3) is 0.300. The summed E-state index contributed by atoms with van der Waals surface area (Å²) in [7, 11) is 0. The molecule has 3 heterocycles. The molecule has 0 aliphatic carbocycles. The SMILES string of the molecule is Cc1c2n(c3ccccc13)-c1ccccc1N1CCCC21C. The first-order valence-electron chi connectivity index (χ1n) is 8.19. The molecule has 0 radical (unpaired) electrons. The normalized spacial score (nSPS) is 22.5. The Kier molecular flexibility index (Phi) is 2.21. The van der Waals surface area contributed by atoms with E-state index in [0.717, 1.165) is 6.54 Å². The van der Waals surface area contributed by atoms with Crippen LogP contribution in [0.5, 0.6) is 0 Å². The van der Waals surface area contributed by atoms with Crippen LogP contribution in [-0.4, -0.2) is 11.1 Å². The van der Waals surface area contributed by atoms with Gasteiger partial charge in [-0.05, 0) is 50.5 Å². The van der Waals surface area contributed by atoms with Gasteiger partial charge in [-0.25, -0.2) is 0 Å². The van der Waals surface area contributed by atoms with E-state index in [1.165, 1.54) is 46.4 Å². The van der Waals surface area contributed by atoms with Crippen molar-refractivity contribution in [1.82, 2.24) is 4.57 Å². The van der Waals surface area contributed by atoms with E-state index in [0.29, 0.717) is 0 Å². The van der Waals surface area contributed by atoms with Gasteiger partial charge in [0.25, 0.3) is 0 Å². The highest BCUT2D eigenvalue weighted by atomic mass is 15.3. The smallest absolute Gasteiger partial charge is 0.0783 e. The number of hydrogen-bond donors (Lipinski definition) is 0. The minimum absolute atomic E-state index is 0.122. The predicted octanol–water partition coefficient (Wildman–Crippen LogP) is 4.77. The Morgan fingerprint density at radius 2 is 1.68 bits per heavy atom. The van der Waals surface area contributed by atoms with Gasteiger partial charge in [0.1, 0.15) is 0 Å². The summed E-state index contributed by atoms with van der Waals surface area (Å²) < 4.78 is 2.52. The third-order valence-electron chi connectivity index (χ3n) is 5.69. The van der Waals surface area contributed by atoms with Gasteiger partial charge in [0.15, 0.2) is 0 Å². The lowest BCUT2D eigenvalue weighted by atomic mass is 9.89. The molecule has 1 unspecified atom stereocenters. The van der Waals surface area contributed by atoms with Gasteiger partial charge in [-0.1, -0.05) is 30.3 Å². The Morgan fingerprint density at radius 3 is 2.55 bits per heavy atom. The van der Waals surface area contributed by atoms with Crippen LogP contribution in [0.1, 0.15) is 31.0 Å². The molecule has 1 aromatic heterocycles. The van der Waals surface area contributed by atoms with E-state index in [1.54, 1.807) is 0 Å². The molecular formula is C20H20N2. The van der Waals surface area contributed by atoms with Crippen LogP contribution in [0.4, 0.5) is 5.69 Å². The van der Waals surface area contributed by atoms with Crippen LogP contribution in [0, 0.1) is 6.92 Å². The van der Waals surface area contributed by atoms with Gasteiger partial charge in [0, 0.05) is 11.9 Å². The first-order chi connectivity index (χ1) is 10.7. The second kappa shape index (κ2) is 3.95. The summed E-state index contributed by atoms with van der Waals surface area (Å²) in [6, 6.07) is 17.7. The van der Waals surface area contributed by atoms with Gasteiger partial charge in [-0.15, -0.1) is 0 Å². The standard InChI is InChI=1S/C20H20N2/c1-14-15-8-3-4-9-16(15)22-18-11-6-5-10-17(18)21-13-7-12-20(21,2)19(14)22/h3-6,8-11H,7,12-13H2,1-2H3. The van der Waals surface area contributed by atoms with Crippen molar-refractivity contribution in [2.24, 2.45) is 0 Å². The molecule has 110 valence electrons. The van der Waals surface area contributed by atoms with E-state index in [2.05, 4.69) is 71.8 Å². The lowest BCUT2D eigenvalue weighted by Crippen LogP contribution is -2.44. The Morgan fingerprint density at radius 1 is 0.955 bits per heavy atom. The minimum atomic E-state index is 0.122. The monoisotopic (exact) mass is 288 g/mol. The molecule has 2 aliphatic heterocycles. The van der Waals surface area contributed by atoms with Crippen molar-refractivity contribution >= 4 is 16.6 Å². The van der Waals surface area contributed by atoms with Crippen molar-refractivity contribution in [2.45, 2.75) is 32.2 Å².